The van der Waals surface area contributed by atoms with Crippen LogP contribution in [0.15, 0.2) is 47.5 Å². The third kappa shape index (κ3) is 3.88. The molecule has 2 heterocycles. The van der Waals surface area contributed by atoms with Crippen LogP contribution in [0.5, 0.6) is 0 Å². The molecule has 0 spiro atoms. The zero-order valence-corrected chi connectivity index (χ0v) is 16.0. The summed E-state index contributed by atoms with van der Waals surface area (Å²) in [5.74, 6) is -1.02. The highest BCUT2D eigenvalue weighted by Crippen LogP contribution is 2.26. The summed E-state index contributed by atoms with van der Waals surface area (Å²) in [4.78, 5) is 24.8. The van der Waals surface area contributed by atoms with Crippen molar-refractivity contribution in [1.82, 2.24) is 19.7 Å². The molecule has 1 aromatic carbocycles. The lowest BCUT2D eigenvalue weighted by atomic mass is 10.2. The van der Waals surface area contributed by atoms with Gasteiger partial charge in [-0.3, -0.25) is 20.4 Å². The van der Waals surface area contributed by atoms with Gasteiger partial charge in [0.15, 0.2) is 0 Å². The number of nitrogens with one attached hydrogen (secondary N) is 2. The molecule has 0 saturated carbocycles. The Morgan fingerprint density at radius 3 is 2.44 bits per heavy atom. The molecule has 1 aliphatic heterocycles. The average molecular weight is 390 g/mol. The van der Waals surface area contributed by atoms with E-state index in [9.17, 15) is 18.0 Å². The first kappa shape index (κ1) is 19.1. The van der Waals surface area contributed by atoms with Gasteiger partial charge in [0.25, 0.3) is 11.8 Å². The highest BCUT2D eigenvalue weighted by molar-refractivity contribution is 7.89. The summed E-state index contributed by atoms with van der Waals surface area (Å²) >= 11 is 0. The van der Waals surface area contributed by atoms with Gasteiger partial charge in [0.1, 0.15) is 11.7 Å². The van der Waals surface area contributed by atoms with Crippen LogP contribution in [0.3, 0.4) is 0 Å². The average Bonchev–Trinajstić information content (AvgIpc) is 3.29. The zero-order chi connectivity index (χ0) is 19.6. The van der Waals surface area contributed by atoms with Gasteiger partial charge in [-0.15, -0.1) is 0 Å². The van der Waals surface area contributed by atoms with Crippen LogP contribution in [0.4, 0.5) is 0 Å². The molecule has 0 bridgehead atoms. The van der Waals surface area contributed by atoms with Gasteiger partial charge in [0.05, 0.1) is 4.90 Å². The van der Waals surface area contributed by atoms with Crippen LogP contribution in [0, 0.1) is 6.92 Å². The maximum Gasteiger partial charge on any atom is 0.286 e. The molecule has 144 valence electrons. The molecule has 1 atom stereocenters. The monoisotopic (exact) mass is 390 g/mol. The van der Waals surface area contributed by atoms with Crippen LogP contribution in [-0.4, -0.2) is 41.7 Å². The number of hydrazine groups is 1. The van der Waals surface area contributed by atoms with E-state index in [2.05, 4.69) is 10.9 Å². The number of amides is 2. The summed E-state index contributed by atoms with van der Waals surface area (Å²) in [5, 5.41) is 0. The van der Waals surface area contributed by atoms with Crippen molar-refractivity contribution in [1.29, 1.82) is 0 Å². The Bertz CT molecular complexity index is 950. The Morgan fingerprint density at radius 2 is 1.81 bits per heavy atom. The maximum atomic E-state index is 12.9. The quantitative estimate of drug-likeness (QED) is 0.759. The number of rotatable bonds is 4. The van der Waals surface area contributed by atoms with Crippen molar-refractivity contribution in [2.75, 3.05) is 6.54 Å². The number of carbonyl (C=O) groups is 2. The topological polar surface area (TPSA) is 101 Å². The van der Waals surface area contributed by atoms with Crippen molar-refractivity contribution in [3.63, 3.8) is 0 Å². The van der Waals surface area contributed by atoms with E-state index in [0.29, 0.717) is 18.5 Å². The van der Waals surface area contributed by atoms with Crippen molar-refractivity contribution in [3.8, 4) is 0 Å². The summed E-state index contributed by atoms with van der Waals surface area (Å²) in [6.07, 6.45) is 2.69. The van der Waals surface area contributed by atoms with Gasteiger partial charge in [0.2, 0.25) is 10.0 Å². The largest absolute Gasteiger partial charge is 0.347 e. The molecule has 1 saturated heterocycles. The summed E-state index contributed by atoms with van der Waals surface area (Å²) in [5.41, 5.74) is 6.02. The van der Waals surface area contributed by atoms with Gasteiger partial charge in [-0.25, -0.2) is 8.42 Å². The molecule has 2 aromatic rings. The number of aromatic nitrogens is 1. The number of hydrogen-bond acceptors (Lipinski definition) is 4. The lowest BCUT2D eigenvalue weighted by Gasteiger charge is -2.23. The summed E-state index contributed by atoms with van der Waals surface area (Å²) in [7, 11) is -2.07. The Labute approximate surface area is 158 Å². The Balaban J connectivity index is 1.70. The number of sulfonamides is 1. The van der Waals surface area contributed by atoms with Crippen molar-refractivity contribution >= 4 is 21.8 Å². The minimum Gasteiger partial charge on any atom is -0.347 e. The summed E-state index contributed by atoms with van der Waals surface area (Å²) in [6, 6.07) is 8.99. The fourth-order valence-electron chi connectivity index (χ4n) is 3.10. The van der Waals surface area contributed by atoms with Crippen LogP contribution in [0.2, 0.25) is 0 Å². The Morgan fingerprint density at radius 1 is 1.11 bits per heavy atom. The van der Waals surface area contributed by atoms with Gasteiger partial charge in [-0.1, -0.05) is 17.7 Å². The molecule has 0 aliphatic carbocycles. The standard InChI is InChI=1S/C18H22N4O4S/c1-13-7-9-14(10-8-13)27(25,26)22-12-4-6-16(22)18(24)20-19-17(23)15-5-3-11-21(15)2/h3,5,7-11,16H,4,6,12H2,1-2H3,(H,19,23)(H,20,24)/t16-/m0/s1. The fourth-order valence-corrected chi connectivity index (χ4v) is 4.75. The molecule has 1 fully saturated rings. The smallest absolute Gasteiger partial charge is 0.286 e. The molecule has 0 unspecified atom stereocenters. The first-order valence-corrected chi connectivity index (χ1v) is 10.0. The lowest BCUT2D eigenvalue weighted by molar-refractivity contribution is -0.125. The molecule has 1 aromatic heterocycles. The molecule has 27 heavy (non-hydrogen) atoms. The van der Waals surface area contributed by atoms with Crippen molar-refractivity contribution < 1.29 is 18.0 Å². The van der Waals surface area contributed by atoms with Crippen LogP contribution in [-0.2, 0) is 21.9 Å². The third-order valence-corrected chi connectivity index (χ3v) is 6.53. The van der Waals surface area contributed by atoms with E-state index in [4.69, 9.17) is 0 Å². The van der Waals surface area contributed by atoms with E-state index in [1.165, 1.54) is 16.4 Å². The van der Waals surface area contributed by atoms with Crippen LogP contribution in [0.1, 0.15) is 28.9 Å². The predicted octanol–water partition coefficient (Wildman–Crippen LogP) is 0.948. The molecule has 0 radical (unpaired) electrons. The fraction of sp³-hybridized carbons (Fsp3) is 0.333. The van der Waals surface area contributed by atoms with E-state index in [0.717, 1.165) is 5.56 Å². The van der Waals surface area contributed by atoms with E-state index in [1.54, 1.807) is 42.1 Å². The minimum absolute atomic E-state index is 0.153. The second-order valence-corrected chi connectivity index (χ2v) is 8.43. The van der Waals surface area contributed by atoms with Gasteiger partial charge >= 0.3 is 0 Å². The number of aryl methyl sites for hydroxylation is 2. The molecule has 3 rings (SSSR count). The van der Waals surface area contributed by atoms with Crippen LogP contribution in [0.25, 0.3) is 0 Å². The number of carbonyl (C=O) groups excluding carboxylic acids is 2. The molecule has 2 amide bonds. The first-order valence-electron chi connectivity index (χ1n) is 8.61. The van der Waals surface area contributed by atoms with Crippen LogP contribution >= 0.6 is 0 Å². The third-order valence-electron chi connectivity index (χ3n) is 4.61. The normalized spacial score (nSPS) is 17.6. The first-order chi connectivity index (χ1) is 12.8. The van der Waals surface area contributed by atoms with E-state index >= 15 is 0 Å². The van der Waals surface area contributed by atoms with Crippen molar-refractivity contribution in [3.05, 3.63) is 53.9 Å². The molecule has 8 nitrogen and oxygen atoms in total. The van der Waals surface area contributed by atoms with Gasteiger partial charge < -0.3 is 4.57 Å². The number of benzene rings is 1. The Hall–Kier alpha value is -2.65. The molecular formula is C18H22N4O4S. The molecule has 9 heteroatoms. The zero-order valence-electron chi connectivity index (χ0n) is 15.2. The van der Waals surface area contributed by atoms with Gasteiger partial charge in [-0.2, -0.15) is 4.31 Å². The van der Waals surface area contributed by atoms with E-state index in [-0.39, 0.29) is 11.4 Å². The second kappa shape index (κ2) is 7.53. The van der Waals surface area contributed by atoms with Crippen molar-refractivity contribution in [2.24, 2.45) is 7.05 Å². The SMILES string of the molecule is Cc1ccc(S(=O)(=O)N2CCC[C@H]2C(=O)NNC(=O)c2cccn2C)cc1. The Kier molecular flexibility index (Phi) is 5.33. The molecule has 1 aliphatic rings. The predicted molar refractivity (Wildman–Crippen MR) is 99.1 cm³/mol. The van der Waals surface area contributed by atoms with E-state index in [1.807, 2.05) is 6.92 Å². The summed E-state index contributed by atoms with van der Waals surface area (Å²) < 4.78 is 28.6. The van der Waals surface area contributed by atoms with Crippen LogP contribution < -0.4 is 10.9 Å². The lowest BCUT2D eigenvalue weighted by Crippen LogP contribution is -2.51. The molecular weight excluding hydrogens is 368 g/mol. The maximum absolute atomic E-state index is 12.9. The minimum atomic E-state index is -3.78. The van der Waals surface area contributed by atoms with Gasteiger partial charge in [-0.05, 0) is 44.0 Å². The summed E-state index contributed by atoms with van der Waals surface area (Å²) in [6.45, 7) is 2.14. The number of nitrogens with zero attached hydrogens (tertiary/aromatic N) is 2. The molecule has 2 N–H and O–H groups in total. The number of hydrogen-bond donors (Lipinski definition) is 2. The van der Waals surface area contributed by atoms with E-state index < -0.39 is 27.9 Å². The highest BCUT2D eigenvalue weighted by Gasteiger charge is 2.39. The van der Waals surface area contributed by atoms with Crippen molar-refractivity contribution in [2.45, 2.75) is 30.7 Å². The van der Waals surface area contributed by atoms with Gasteiger partial charge in [0, 0.05) is 19.8 Å². The second-order valence-electron chi connectivity index (χ2n) is 6.53. The highest BCUT2D eigenvalue weighted by atomic mass is 32.2.